The largest absolute Gasteiger partial charge is 0.454 e. The summed E-state index contributed by atoms with van der Waals surface area (Å²) in [5.41, 5.74) is 3.46. The lowest BCUT2D eigenvalue weighted by atomic mass is 10.1. The van der Waals surface area contributed by atoms with Gasteiger partial charge in [-0.05, 0) is 42.3 Å². The van der Waals surface area contributed by atoms with Crippen molar-refractivity contribution in [2.45, 2.75) is 6.92 Å². The van der Waals surface area contributed by atoms with Crippen molar-refractivity contribution in [3.8, 4) is 11.5 Å². The second kappa shape index (κ2) is 7.12. The van der Waals surface area contributed by atoms with Gasteiger partial charge in [0.15, 0.2) is 11.5 Å². The van der Waals surface area contributed by atoms with E-state index in [2.05, 4.69) is 36.1 Å². The summed E-state index contributed by atoms with van der Waals surface area (Å²) in [4.78, 5) is 16.7. The van der Waals surface area contributed by atoms with E-state index in [0.29, 0.717) is 0 Å². The van der Waals surface area contributed by atoms with Crippen LogP contribution >= 0.6 is 0 Å². The first-order valence-electron chi connectivity index (χ1n) is 8.88. The Labute approximate surface area is 153 Å². The third kappa shape index (κ3) is 3.38. The normalized spacial score (nSPS) is 16.3. The quantitative estimate of drug-likeness (QED) is 0.798. The van der Waals surface area contributed by atoms with Crippen LogP contribution in [0.3, 0.4) is 0 Å². The Hall–Kier alpha value is -2.95. The van der Waals surface area contributed by atoms with E-state index in [4.69, 9.17) is 9.47 Å². The van der Waals surface area contributed by atoms with E-state index in [1.807, 2.05) is 29.2 Å². The topological polar surface area (TPSA) is 42.0 Å². The molecule has 0 N–H and O–H groups in total. The Kier molecular flexibility index (Phi) is 4.52. The summed E-state index contributed by atoms with van der Waals surface area (Å²) in [5, 5.41) is 0. The van der Waals surface area contributed by atoms with Gasteiger partial charge < -0.3 is 19.3 Å². The molecule has 0 aromatic heterocycles. The number of rotatable bonds is 3. The van der Waals surface area contributed by atoms with Gasteiger partial charge in [-0.1, -0.05) is 24.3 Å². The highest BCUT2D eigenvalue weighted by Crippen LogP contribution is 2.32. The van der Waals surface area contributed by atoms with Gasteiger partial charge in [-0.3, -0.25) is 4.79 Å². The van der Waals surface area contributed by atoms with Crippen molar-refractivity contribution in [1.82, 2.24) is 4.90 Å². The van der Waals surface area contributed by atoms with Crippen LogP contribution in [0.4, 0.5) is 5.69 Å². The highest BCUT2D eigenvalue weighted by atomic mass is 16.7. The van der Waals surface area contributed by atoms with E-state index in [0.717, 1.165) is 43.2 Å². The molecule has 0 aliphatic carbocycles. The van der Waals surface area contributed by atoms with Crippen molar-refractivity contribution in [1.29, 1.82) is 0 Å². The second-order valence-corrected chi connectivity index (χ2v) is 6.54. The molecule has 26 heavy (non-hydrogen) atoms. The lowest BCUT2D eigenvalue weighted by Gasteiger charge is -2.36. The summed E-state index contributed by atoms with van der Waals surface area (Å²) < 4.78 is 10.7. The number of fused-ring (bicyclic) bond motifs is 1. The maximum absolute atomic E-state index is 12.5. The number of hydrogen-bond acceptors (Lipinski definition) is 4. The molecule has 134 valence electrons. The Morgan fingerprint density at radius 2 is 1.77 bits per heavy atom. The minimum Gasteiger partial charge on any atom is -0.454 e. The summed E-state index contributed by atoms with van der Waals surface area (Å²) >= 11 is 0. The number of carbonyl (C=O) groups excluding carboxylic acids is 1. The number of amides is 1. The second-order valence-electron chi connectivity index (χ2n) is 6.54. The molecule has 0 atom stereocenters. The minimum atomic E-state index is 0.0482. The maximum Gasteiger partial charge on any atom is 0.246 e. The van der Waals surface area contributed by atoms with E-state index in [9.17, 15) is 4.79 Å². The van der Waals surface area contributed by atoms with Crippen molar-refractivity contribution in [2.75, 3.05) is 37.9 Å². The van der Waals surface area contributed by atoms with Gasteiger partial charge in [-0.2, -0.15) is 0 Å². The van der Waals surface area contributed by atoms with Crippen LogP contribution in [-0.4, -0.2) is 43.8 Å². The predicted molar refractivity (Wildman–Crippen MR) is 102 cm³/mol. The molecule has 0 unspecified atom stereocenters. The van der Waals surface area contributed by atoms with Gasteiger partial charge in [0.1, 0.15) is 0 Å². The van der Waals surface area contributed by atoms with E-state index < -0.39 is 0 Å². The van der Waals surface area contributed by atoms with Gasteiger partial charge in [-0.15, -0.1) is 0 Å². The molecule has 0 bridgehead atoms. The first-order chi connectivity index (χ1) is 12.7. The molecular formula is C21H22N2O3. The summed E-state index contributed by atoms with van der Waals surface area (Å²) in [7, 11) is 0. The van der Waals surface area contributed by atoms with E-state index >= 15 is 0 Å². The van der Waals surface area contributed by atoms with E-state index in [1.54, 1.807) is 6.08 Å². The summed E-state index contributed by atoms with van der Waals surface area (Å²) in [6.07, 6.45) is 3.47. The van der Waals surface area contributed by atoms with Crippen molar-refractivity contribution in [3.63, 3.8) is 0 Å². The first-order valence-corrected chi connectivity index (χ1v) is 8.88. The SMILES string of the molecule is Cc1ccccc1N1CCN(C(=O)/C=C/c2ccc3c(c2)OCO3)CC1. The zero-order chi connectivity index (χ0) is 17.9. The lowest BCUT2D eigenvalue weighted by Crippen LogP contribution is -2.48. The molecule has 0 radical (unpaired) electrons. The molecule has 4 rings (SSSR count). The number of nitrogens with zero attached hydrogens (tertiary/aromatic N) is 2. The summed E-state index contributed by atoms with van der Waals surface area (Å²) in [6.45, 7) is 5.56. The Morgan fingerprint density at radius 3 is 2.58 bits per heavy atom. The summed E-state index contributed by atoms with van der Waals surface area (Å²) in [5.74, 6) is 1.53. The van der Waals surface area contributed by atoms with Crippen molar-refractivity contribution < 1.29 is 14.3 Å². The van der Waals surface area contributed by atoms with Crippen LogP contribution in [0.1, 0.15) is 11.1 Å². The first kappa shape index (κ1) is 16.5. The number of para-hydroxylation sites is 1. The van der Waals surface area contributed by atoms with Crippen LogP contribution in [0.5, 0.6) is 11.5 Å². The molecule has 2 aromatic rings. The number of anilines is 1. The predicted octanol–water partition coefficient (Wildman–Crippen LogP) is 3.09. The fourth-order valence-electron chi connectivity index (χ4n) is 3.38. The fourth-order valence-corrected chi connectivity index (χ4v) is 3.38. The highest BCUT2D eigenvalue weighted by Gasteiger charge is 2.20. The average Bonchev–Trinajstić information content (AvgIpc) is 3.14. The molecule has 0 spiro atoms. The fraction of sp³-hybridized carbons (Fsp3) is 0.286. The zero-order valence-corrected chi connectivity index (χ0v) is 14.9. The Balaban J connectivity index is 1.36. The van der Waals surface area contributed by atoms with Crippen LogP contribution in [0, 0.1) is 6.92 Å². The smallest absolute Gasteiger partial charge is 0.246 e. The zero-order valence-electron chi connectivity index (χ0n) is 14.9. The molecular weight excluding hydrogens is 328 g/mol. The van der Waals surface area contributed by atoms with Crippen LogP contribution in [-0.2, 0) is 4.79 Å². The van der Waals surface area contributed by atoms with Gasteiger partial charge in [0, 0.05) is 37.9 Å². The van der Waals surface area contributed by atoms with Crippen molar-refractivity contribution >= 4 is 17.7 Å². The van der Waals surface area contributed by atoms with E-state index in [1.165, 1.54) is 11.3 Å². The molecule has 5 nitrogen and oxygen atoms in total. The maximum atomic E-state index is 12.5. The van der Waals surface area contributed by atoms with Crippen LogP contribution in [0.15, 0.2) is 48.5 Å². The number of ether oxygens (including phenoxy) is 2. The van der Waals surface area contributed by atoms with Crippen LogP contribution < -0.4 is 14.4 Å². The van der Waals surface area contributed by atoms with Gasteiger partial charge in [0.05, 0.1) is 0 Å². The summed E-state index contributed by atoms with van der Waals surface area (Å²) in [6, 6.07) is 14.1. The Bertz CT molecular complexity index is 839. The molecule has 2 aliphatic rings. The molecule has 0 saturated carbocycles. The average molecular weight is 350 g/mol. The van der Waals surface area contributed by atoms with Gasteiger partial charge in [0.25, 0.3) is 0 Å². The molecule has 2 aliphatic heterocycles. The number of carbonyl (C=O) groups is 1. The lowest BCUT2D eigenvalue weighted by molar-refractivity contribution is -0.126. The minimum absolute atomic E-state index is 0.0482. The van der Waals surface area contributed by atoms with Crippen LogP contribution in [0.2, 0.25) is 0 Å². The van der Waals surface area contributed by atoms with E-state index in [-0.39, 0.29) is 12.7 Å². The Morgan fingerprint density at radius 1 is 1.00 bits per heavy atom. The molecule has 2 aromatic carbocycles. The van der Waals surface area contributed by atoms with Crippen molar-refractivity contribution in [3.05, 3.63) is 59.7 Å². The number of aryl methyl sites for hydroxylation is 1. The van der Waals surface area contributed by atoms with Gasteiger partial charge >= 0.3 is 0 Å². The number of piperazine rings is 1. The molecule has 1 amide bonds. The highest BCUT2D eigenvalue weighted by molar-refractivity contribution is 5.92. The molecule has 5 heteroatoms. The van der Waals surface area contributed by atoms with Gasteiger partial charge in [0.2, 0.25) is 12.7 Å². The third-order valence-corrected chi connectivity index (χ3v) is 4.86. The molecule has 1 fully saturated rings. The third-order valence-electron chi connectivity index (χ3n) is 4.86. The molecule has 1 saturated heterocycles. The standard InChI is InChI=1S/C21H22N2O3/c1-16-4-2-3-5-18(16)22-10-12-23(13-11-22)21(24)9-7-17-6-8-19-20(14-17)26-15-25-19/h2-9,14H,10-13,15H2,1H3/b9-7+. The monoisotopic (exact) mass is 350 g/mol. The van der Waals surface area contributed by atoms with Gasteiger partial charge in [-0.25, -0.2) is 0 Å². The number of hydrogen-bond donors (Lipinski definition) is 0. The number of benzene rings is 2. The van der Waals surface area contributed by atoms with Crippen molar-refractivity contribution in [2.24, 2.45) is 0 Å². The van der Waals surface area contributed by atoms with Crippen LogP contribution in [0.25, 0.3) is 6.08 Å². The molecule has 2 heterocycles.